The van der Waals surface area contributed by atoms with Crippen molar-refractivity contribution in [3.63, 3.8) is 0 Å². The summed E-state index contributed by atoms with van der Waals surface area (Å²) in [5.41, 5.74) is 6.00. The summed E-state index contributed by atoms with van der Waals surface area (Å²) in [4.78, 5) is 2.72. The Balaban J connectivity index is 0.00000110. The molecule has 2 fully saturated rings. The molecule has 2 aliphatic rings. The largest absolute Gasteiger partial charge is 0.314 e. The average molecular weight is 331 g/mol. The molecular formula is C17H28Cl2N2. The third kappa shape index (κ3) is 4.13. The average Bonchev–Trinajstić information content (AvgIpc) is 3.18. The second-order valence-corrected chi connectivity index (χ2v) is 6.38. The van der Waals surface area contributed by atoms with Crippen LogP contribution in [-0.2, 0) is 0 Å². The number of hydrogen-bond donors (Lipinski definition) is 1. The van der Waals surface area contributed by atoms with Crippen LogP contribution in [0.4, 0.5) is 0 Å². The molecule has 0 radical (unpaired) electrons. The van der Waals surface area contributed by atoms with Gasteiger partial charge in [0, 0.05) is 32.2 Å². The maximum absolute atomic E-state index is 3.48. The Kier molecular flexibility index (Phi) is 6.99. The van der Waals surface area contributed by atoms with Gasteiger partial charge in [-0.15, -0.1) is 24.8 Å². The fourth-order valence-corrected chi connectivity index (χ4v) is 3.75. The number of nitrogens with zero attached hydrogens (tertiary/aromatic N) is 1. The fourth-order valence-electron chi connectivity index (χ4n) is 3.75. The molecule has 120 valence electrons. The van der Waals surface area contributed by atoms with E-state index in [4.69, 9.17) is 0 Å². The first-order chi connectivity index (χ1) is 9.16. The highest BCUT2D eigenvalue weighted by atomic mass is 35.5. The van der Waals surface area contributed by atoms with E-state index in [0.717, 1.165) is 19.0 Å². The number of hydrogen-bond acceptors (Lipinski definition) is 2. The lowest BCUT2D eigenvalue weighted by Gasteiger charge is -2.37. The Bertz CT molecular complexity index is 443. The standard InChI is InChI=1S/C17H26N2.2ClH/c1-12-10-13(2)16(14(3)11-12)17(15-4-5-15)19-8-6-18-7-9-19;;/h10-11,15,17-18H,4-9H2,1-3H3;2*1H/t17-;;/m0../s1. The smallest absolute Gasteiger partial charge is 0.0382 e. The van der Waals surface area contributed by atoms with Gasteiger partial charge in [-0.1, -0.05) is 17.7 Å². The molecule has 1 saturated heterocycles. The van der Waals surface area contributed by atoms with Crippen molar-refractivity contribution >= 4 is 24.8 Å². The molecule has 0 amide bonds. The first-order valence-corrected chi connectivity index (χ1v) is 7.69. The van der Waals surface area contributed by atoms with Crippen LogP contribution in [0.1, 0.15) is 41.1 Å². The Morgan fingerprint density at radius 2 is 1.52 bits per heavy atom. The molecule has 1 heterocycles. The molecule has 4 heteroatoms. The predicted molar refractivity (Wildman–Crippen MR) is 95.1 cm³/mol. The number of halogens is 2. The van der Waals surface area contributed by atoms with Crippen LogP contribution in [0.5, 0.6) is 0 Å². The lowest BCUT2D eigenvalue weighted by Crippen LogP contribution is -2.46. The number of piperazine rings is 1. The van der Waals surface area contributed by atoms with Gasteiger partial charge in [-0.25, -0.2) is 0 Å². The highest BCUT2D eigenvalue weighted by Crippen LogP contribution is 2.46. The molecule has 1 atom stereocenters. The van der Waals surface area contributed by atoms with Gasteiger partial charge in [-0.2, -0.15) is 0 Å². The molecule has 3 rings (SSSR count). The van der Waals surface area contributed by atoms with Gasteiger partial charge in [0.2, 0.25) is 0 Å². The van der Waals surface area contributed by atoms with Crippen LogP contribution in [-0.4, -0.2) is 31.1 Å². The maximum Gasteiger partial charge on any atom is 0.0382 e. The van der Waals surface area contributed by atoms with E-state index in [1.165, 1.54) is 42.6 Å². The molecule has 21 heavy (non-hydrogen) atoms. The second-order valence-electron chi connectivity index (χ2n) is 6.38. The molecule has 0 bridgehead atoms. The van der Waals surface area contributed by atoms with Crippen molar-refractivity contribution in [3.8, 4) is 0 Å². The summed E-state index contributed by atoms with van der Waals surface area (Å²) >= 11 is 0. The van der Waals surface area contributed by atoms with Gasteiger partial charge in [0.05, 0.1) is 0 Å². The normalized spacial score (nSPS) is 20.3. The zero-order chi connectivity index (χ0) is 13.4. The van der Waals surface area contributed by atoms with E-state index in [1.807, 2.05) is 0 Å². The minimum absolute atomic E-state index is 0. The zero-order valence-corrected chi connectivity index (χ0v) is 14.9. The number of benzene rings is 1. The van der Waals surface area contributed by atoms with Crippen LogP contribution >= 0.6 is 24.8 Å². The van der Waals surface area contributed by atoms with Crippen molar-refractivity contribution in [2.45, 2.75) is 39.7 Å². The van der Waals surface area contributed by atoms with E-state index < -0.39 is 0 Å². The Hall–Kier alpha value is -0.280. The summed E-state index contributed by atoms with van der Waals surface area (Å²) in [6.07, 6.45) is 2.84. The Morgan fingerprint density at radius 3 is 2.00 bits per heavy atom. The van der Waals surface area contributed by atoms with E-state index in [1.54, 1.807) is 5.56 Å². The Morgan fingerprint density at radius 1 is 1.00 bits per heavy atom. The van der Waals surface area contributed by atoms with Gasteiger partial charge in [0.1, 0.15) is 0 Å². The summed E-state index contributed by atoms with van der Waals surface area (Å²) in [7, 11) is 0. The molecule has 1 aromatic carbocycles. The molecular weight excluding hydrogens is 303 g/mol. The lowest BCUT2D eigenvalue weighted by molar-refractivity contribution is 0.155. The molecule has 1 aliphatic carbocycles. The van der Waals surface area contributed by atoms with Gasteiger partial charge in [0.15, 0.2) is 0 Å². The molecule has 1 aliphatic heterocycles. The van der Waals surface area contributed by atoms with Gasteiger partial charge in [0.25, 0.3) is 0 Å². The zero-order valence-electron chi connectivity index (χ0n) is 13.3. The first kappa shape index (κ1) is 18.8. The number of aryl methyl sites for hydroxylation is 3. The quantitative estimate of drug-likeness (QED) is 0.906. The maximum atomic E-state index is 3.48. The Labute approximate surface area is 141 Å². The third-order valence-corrected chi connectivity index (χ3v) is 4.65. The van der Waals surface area contributed by atoms with E-state index in [0.29, 0.717) is 6.04 Å². The SMILES string of the molecule is Cc1cc(C)c([C@H](C2CC2)N2CCNCC2)c(C)c1.Cl.Cl. The number of nitrogens with one attached hydrogen (secondary N) is 1. The van der Waals surface area contributed by atoms with Crippen LogP contribution in [0, 0.1) is 26.7 Å². The van der Waals surface area contributed by atoms with Crippen LogP contribution in [0.15, 0.2) is 12.1 Å². The highest BCUT2D eigenvalue weighted by Gasteiger charge is 2.38. The molecule has 1 aromatic rings. The molecule has 2 nitrogen and oxygen atoms in total. The second kappa shape index (κ2) is 7.82. The minimum Gasteiger partial charge on any atom is -0.314 e. The van der Waals surface area contributed by atoms with Crippen LogP contribution in [0.2, 0.25) is 0 Å². The first-order valence-electron chi connectivity index (χ1n) is 7.69. The molecule has 0 unspecified atom stereocenters. The lowest BCUT2D eigenvalue weighted by atomic mass is 9.90. The molecule has 1 saturated carbocycles. The van der Waals surface area contributed by atoms with Crippen molar-refractivity contribution in [2.24, 2.45) is 5.92 Å². The summed E-state index contributed by atoms with van der Waals surface area (Å²) in [6, 6.07) is 5.39. The van der Waals surface area contributed by atoms with E-state index in [-0.39, 0.29) is 24.8 Å². The third-order valence-electron chi connectivity index (χ3n) is 4.65. The summed E-state index contributed by atoms with van der Waals surface area (Å²) < 4.78 is 0. The minimum atomic E-state index is 0. The van der Waals surface area contributed by atoms with Gasteiger partial charge >= 0.3 is 0 Å². The summed E-state index contributed by atoms with van der Waals surface area (Å²) in [6.45, 7) is 11.5. The number of rotatable bonds is 3. The molecule has 1 N–H and O–H groups in total. The van der Waals surface area contributed by atoms with Gasteiger partial charge < -0.3 is 5.32 Å². The predicted octanol–water partition coefficient (Wildman–Crippen LogP) is 3.81. The van der Waals surface area contributed by atoms with Crippen molar-refractivity contribution in [2.75, 3.05) is 26.2 Å². The monoisotopic (exact) mass is 330 g/mol. The van der Waals surface area contributed by atoms with Crippen LogP contribution in [0.25, 0.3) is 0 Å². The highest BCUT2D eigenvalue weighted by molar-refractivity contribution is 5.85. The van der Waals surface area contributed by atoms with Crippen molar-refractivity contribution < 1.29 is 0 Å². The summed E-state index contributed by atoms with van der Waals surface area (Å²) in [5.74, 6) is 0.901. The van der Waals surface area contributed by atoms with E-state index >= 15 is 0 Å². The topological polar surface area (TPSA) is 15.3 Å². The summed E-state index contributed by atoms with van der Waals surface area (Å²) in [5, 5.41) is 3.48. The van der Waals surface area contributed by atoms with Gasteiger partial charge in [-0.3, -0.25) is 4.90 Å². The fraction of sp³-hybridized carbons (Fsp3) is 0.647. The molecule has 0 aromatic heterocycles. The van der Waals surface area contributed by atoms with E-state index in [9.17, 15) is 0 Å². The van der Waals surface area contributed by atoms with Crippen molar-refractivity contribution in [3.05, 3.63) is 34.4 Å². The molecule has 0 spiro atoms. The van der Waals surface area contributed by atoms with E-state index in [2.05, 4.69) is 43.1 Å². The van der Waals surface area contributed by atoms with Gasteiger partial charge in [-0.05, 0) is 56.2 Å². The van der Waals surface area contributed by atoms with Crippen LogP contribution < -0.4 is 5.32 Å². The van der Waals surface area contributed by atoms with Crippen LogP contribution in [0.3, 0.4) is 0 Å². The van der Waals surface area contributed by atoms with Crippen molar-refractivity contribution in [1.29, 1.82) is 0 Å². The van der Waals surface area contributed by atoms with Crippen molar-refractivity contribution in [1.82, 2.24) is 10.2 Å².